The average molecular weight is 303 g/mol. The van der Waals surface area contributed by atoms with E-state index in [-0.39, 0.29) is 0 Å². The highest BCUT2D eigenvalue weighted by molar-refractivity contribution is 7.10. The fraction of sp³-hybridized carbons (Fsp3) is 0.412. The number of ether oxygens (including phenoxy) is 2. The molecule has 0 saturated heterocycles. The monoisotopic (exact) mass is 303 g/mol. The number of fused-ring (bicyclic) bond motifs is 1. The van der Waals surface area contributed by atoms with Crippen LogP contribution in [0.3, 0.4) is 0 Å². The fourth-order valence-corrected chi connectivity index (χ4v) is 3.58. The Morgan fingerprint density at radius 3 is 2.81 bits per heavy atom. The van der Waals surface area contributed by atoms with Crippen molar-refractivity contribution in [3.05, 3.63) is 46.2 Å². The molecule has 2 heterocycles. The van der Waals surface area contributed by atoms with Crippen LogP contribution in [-0.4, -0.2) is 13.3 Å². The van der Waals surface area contributed by atoms with Crippen LogP contribution in [0.4, 0.5) is 0 Å². The minimum atomic E-state index is 0.338. The molecule has 0 saturated carbocycles. The van der Waals surface area contributed by atoms with E-state index in [1.165, 1.54) is 10.4 Å². The van der Waals surface area contributed by atoms with Gasteiger partial charge >= 0.3 is 0 Å². The minimum absolute atomic E-state index is 0.338. The smallest absolute Gasteiger partial charge is 0.231 e. The lowest BCUT2D eigenvalue weighted by Crippen LogP contribution is -2.27. The van der Waals surface area contributed by atoms with E-state index in [0.717, 1.165) is 24.5 Å². The topological polar surface area (TPSA) is 30.5 Å². The van der Waals surface area contributed by atoms with Gasteiger partial charge in [-0.2, -0.15) is 0 Å². The maximum atomic E-state index is 5.42. The summed E-state index contributed by atoms with van der Waals surface area (Å²) < 4.78 is 10.8. The van der Waals surface area contributed by atoms with Crippen molar-refractivity contribution in [3.63, 3.8) is 0 Å². The Kier molecular flexibility index (Phi) is 4.46. The standard InChI is InChI=1S/C17H21NO2S/c1-12(2)17(16-4-3-9-21-16)18-8-7-13-5-6-14-15(10-13)20-11-19-14/h3-6,9-10,12,17-18H,7-8,11H2,1-2H3/t17-/m0/s1. The molecule has 0 amide bonds. The first kappa shape index (κ1) is 14.4. The largest absolute Gasteiger partial charge is 0.454 e. The van der Waals surface area contributed by atoms with Gasteiger partial charge in [0.25, 0.3) is 0 Å². The Labute approximate surface area is 129 Å². The van der Waals surface area contributed by atoms with Crippen LogP contribution in [0, 0.1) is 5.92 Å². The first-order chi connectivity index (χ1) is 10.2. The quantitative estimate of drug-likeness (QED) is 0.874. The normalized spacial score (nSPS) is 14.6. The second-order valence-corrected chi connectivity index (χ2v) is 6.61. The number of nitrogens with one attached hydrogen (secondary N) is 1. The molecule has 1 N–H and O–H groups in total. The second-order valence-electron chi connectivity index (χ2n) is 5.63. The molecule has 1 aliphatic heterocycles. The fourth-order valence-electron chi connectivity index (χ4n) is 2.60. The van der Waals surface area contributed by atoms with Gasteiger partial charge in [-0.3, -0.25) is 0 Å². The van der Waals surface area contributed by atoms with Gasteiger partial charge in [-0.1, -0.05) is 26.0 Å². The lowest BCUT2D eigenvalue weighted by Gasteiger charge is -2.21. The van der Waals surface area contributed by atoms with Gasteiger partial charge in [-0.05, 0) is 48.0 Å². The van der Waals surface area contributed by atoms with Gasteiger partial charge in [0.2, 0.25) is 6.79 Å². The van der Waals surface area contributed by atoms with Crippen molar-refractivity contribution in [2.75, 3.05) is 13.3 Å². The Hall–Kier alpha value is -1.52. The molecule has 1 atom stereocenters. The van der Waals surface area contributed by atoms with Crippen LogP contribution >= 0.6 is 11.3 Å². The van der Waals surface area contributed by atoms with Crippen molar-refractivity contribution in [3.8, 4) is 11.5 Å². The number of thiophene rings is 1. The van der Waals surface area contributed by atoms with Crippen molar-refractivity contribution in [2.24, 2.45) is 5.92 Å². The Morgan fingerprint density at radius 1 is 1.19 bits per heavy atom. The van der Waals surface area contributed by atoms with Crippen LogP contribution in [0.2, 0.25) is 0 Å². The molecule has 0 unspecified atom stereocenters. The number of benzene rings is 1. The van der Waals surface area contributed by atoms with E-state index in [1.807, 2.05) is 17.4 Å². The van der Waals surface area contributed by atoms with E-state index < -0.39 is 0 Å². The van der Waals surface area contributed by atoms with E-state index in [2.05, 4.69) is 48.8 Å². The lowest BCUT2D eigenvalue weighted by atomic mass is 10.0. The molecule has 0 fully saturated rings. The molecule has 1 aromatic heterocycles. The third kappa shape index (κ3) is 3.39. The Morgan fingerprint density at radius 2 is 2.05 bits per heavy atom. The highest BCUT2D eigenvalue weighted by Crippen LogP contribution is 2.32. The highest BCUT2D eigenvalue weighted by atomic mass is 32.1. The maximum absolute atomic E-state index is 5.42. The van der Waals surface area contributed by atoms with Crippen LogP contribution in [-0.2, 0) is 6.42 Å². The van der Waals surface area contributed by atoms with E-state index in [9.17, 15) is 0 Å². The lowest BCUT2D eigenvalue weighted by molar-refractivity contribution is 0.174. The summed E-state index contributed by atoms with van der Waals surface area (Å²) in [6.45, 7) is 5.82. The van der Waals surface area contributed by atoms with Gasteiger partial charge in [0.1, 0.15) is 0 Å². The molecule has 0 bridgehead atoms. The molecule has 2 aromatic rings. The number of hydrogen-bond donors (Lipinski definition) is 1. The van der Waals surface area contributed by atoms with Gasteiger partial charge < -0.3 is 14.8 Å². The zero-order valence-electron chi connectivity index (χ0n) is 12.5. The van der Waals surface area contributed by atoms with Crippen LogP contribution in [0.15, 0.2) is 35.7 Å². The van der Waals surface area contributed by atoms with Gasteiger partial charge in [0.15, 0.2) is 11.5 Å². The molecule has 1 aromatic carbocycles. The van der Waals surface area contributed by atoms with Gasteiger partial charge in [-0.15, -0.1) is 11.3 Å². The number of hydrogen-bond acceptors (Lipinski definition) is 4. The molecule has 0 spiro atoms. The first-order valence-electron chi connectivity index (χ1n) is 7.39. The summed E-state index contributed by atoms with van der Waals surface area (Å²) >= 11 is 1.82. The third-order valence-electron chi connectivity index (χ3n) is 3.73. The zero-order valence-corrected chi connectivity index (χ0v) is 13.3. The Balaban J connectivity index is 1.57. The molecular weight excluding hydrogens is 282 g/mol. The van der Waals surface area contributed by atoms with E-state index >= 15 is 0 Å². The van der Waals surface area contributed by atoms with Crippen molar-refractivity contribution in [1.82, 2.24) is 5.32 Å². The molecule has 112 valence electrons. The van der Waals surface area contributed by atoms with Crippen molar-refractivity contribution < 1.29 is 9.47 Å². The summed E-state index contributed by atoms with van der Waals surface area (Å²) in [6.07, 6.45) is 0.991. The summed E-state index contributed by atoms with van der Waals surface area (Å²) in [5.74, 6) is 2.30. The minimum Gasteiger partial charge on any atom is -0.454 e. The molecule has 0 aliphatic carbocycles. The number of rotatable bonds is 6. The molecule has 3 rings (SSSR count). The molecule has 21 heavy (non-hydrogen) atoms. The van der Waals surface area contributed by atoms with E-state index in [4.69, 9.17) is 9.47 Å². The average Bonchev–Trinajstić information content (AvgIpc) is 3.13. The van der Waals surface area contributed by atoms with Crippen LogP contribution in [0.5, 0.6) is 11.5 Å². The summed E-state index contributed by atoms with van der Waals surface area (Å²) in [4.78, 5) is 1.41. The maximum Gasteiger partial charge on any atom is 0.231 e. The molecule has 1 aliphatic rings. The van der Waals surface area contributed by atoms with Gasteiger partial charge in [0.05, 0.1) is 0 Å². The van der Waals surface area contributed by atoms with Crippen LogP contribution in [0.25, 0.3) is 0 Å². The summed E-state index contributed by atoms with van der Waals surface area (Å²) in [5.41, 5.74) is 1.28. The summed E-state index contributed by atoms with van der Waals surface area (Å²) in [6, 6.07) is 11.0. The van der Waals surface area contributed by atoms with E-state index in [1.54, 1.807) is 0 Å². The molecular formula is C17H21NO2S. The molecule has 3 nitrogen and oxygen atoms in total. The van der Waals surface area contributed by atoms with Crippen LogP contribution < -0.4 is 14.8 Å². The van der Waals surface area contributed by atoms with Gasteiger partial charge in [0, 0.05) is 10.9 Å². The SMILES string of the molecule is CC(C)[C@H](NCCc1ccc2c(c1)OCO2)c1cccs1. The van der Waals surface area contributed by atoms with Gasteiger partial charge in [-0.25, -0.2) is 0 Å². The first-order valence-corrected chi connectivity index (χ1v) is 8.27. The second kappa shape index (κ2) is 6.50. The van der Waals surface area contributed by atoms with Crippen molar-refractivity contribution >= 4 is 11.3 Å². The zero-order chi connectivity index (χ0) is 14.7. The Bertz CT molecular complexity index is 580. The predicted octanol–water partition coefficient (Wildman–Crippen LogP) is 4.01. The highest BCUT2D eigenvalue weighted by Gasteiger charge is 2.16. The summed E-state index contributed by atoms with van der Waals surface area (Å²) in [7, 11) is 0. The van der Waals surface area contributed by atoms with Crippen molar-refractivity contribution in [2.45, 2.75) is 26.3 Å². The molecule has 0 radical (unpaired) electrons. The van der Waals surface area contributed by atoms with Crippen molar-refractivity contribution in [1.29, 1.82) is 0 Å². The summed E-state index contributed by atoms with van der Waals surface area (Å²) in [5, 5.41) is 5.82. The predicted molar refractivity (Wildman–Crippen MR) is 86.2 cm³/mol. The third-order valence-corrected chi connectivity index (χ3v) is 4.69. The van der Waals surface area contributed by atoms with Crippen LogP contribution in [0.1, 0.15) is 30.3 Å². The molecule has 4 heteroatoms. The van der Waals surface area contributed by atoms with E-state index in [0.29, 0.717) is 18.8 Å².